The predicted octanol–water partition coefficient (Wildman–Crippen LogP) is 1.81. The quantitative estimate of drug-likeness (QED) is 0.852. The van der Waals surface area contributed by atoms with E-state index >= 15 is 0 Å². The first-order valence-electron chi connectivity index (χ1n) is 8.52. The van der Waals surface area contributed by atoms with Crippen LogP contribution in [0.2, 0.25) is 0 Å². The van der Waals surface area contributed by atoms with Crippen LogP contribution < -0.4 is 5.32 Å². The first-order chi connectivity index (χ1) is 9.75. The van der Waals surface area contributed by atoms with Crippen molar-refractivity contribution in [3.63, 3.8) is 0 Å². The van der Waals surface area contributed by atoms with Crippen LogP contribution in [0.15, 0.2) is 0 Å². The van der Waals surface area contributed by atoms with Crippen LogP contribution in [0.1, 0.15) is 51.9 Å². The maximum atomic E-state index is 12.3. The van der Waals surface area contributed by atoms with Gasteiger partial charge >= 0.3 is 0 Å². The Morgan fingerprint density at radius 3 is 2.55 bits per heavy atom. The smallest absolute Gasteiger partial charge is 0.238 e. The molecule has 3 fully saturated rings. The second-order valence-electron chi connectivity index (χ2n) is 6.88. The fourth-order valence-electron chi connectivity index (χ4n) is 4.33. The Hall–Kier alpha value is -0.610. The van der Waals surface area contributed by atoms with Gasteiger partial charge in [0.15, 0.2) is 0 Å². The van der Waals surface area contributed by atoms with Gasteiger partial charge in [-0.15, -0.1) is 0 Å². The van der Waals surface area contributed by atoms with Gasteiger partial charge in [-0.2, -0.15) is 0 Å². The molecule has 1 N–H and O–H groups in total. The van der Waals surface area contributed by atoms with E-state index in [2.05, 4.69) is 22.0 Å². The zero-order valence-corrected chi connectivity index (χ0v) is 12.8. The predicted molar refractivity (Wildman–Crippen MR) is 80.3 cm³/mol. The number of likely N-dealkylation sites (tertiary alicyclic amines) is 1. The van der Waals surface area contributed by atoms with Crippen molar-refractivity contribution in [1.29, 1.82) is 0 Å². The molecule has 20 heavy (non-hydrogen) atoms. The fourth-order valence-corrected chi connectivity index (χ4v) is 4.33. The molecule has 4 heteroatoms. The first kappa shape index (κ1) is 14.3. The summed E-state index contributed by atoms with van der Waals surface area (Å²) in [6, 6.07) is 0.348. The van der Waals surface area contributed by atoms with Crippen molar-refractivity contribution in [3.8, 4) is 0 Å². The molecule has 4 nitrogen and oxygen atoms in total. The van der Waals surface area contributed by atoms with Crippen LogP contribution in [0.5, 0.6) is 0 Å². The molecule has 0 aromatic carbocycles. The van der Waals surface area contributed by atoms with E-state index in [0.717, 1.165) is 6.54 Å². The van der Waals surface area contributed by atoms with Gasteiger partial charge in [0.25, 0.3) is 0 Å². The summed E-state index contributed by atoms with van der Waals surface area (Å²) in [6.07, 6.45) is 9.59. The molecule has 2 aliphatic heterocycles. The van der Waals surface area contributed by atoms with E-state index in [1.54, 1.807) is 0 Å². The minimum Gasteiger partial charge on any atom is -0.322 e. The van der Waals surface area contributed by atoms with Crippen molar-refractivity contribution in [2.45, 2.75) is 64.1 Å². The monoisotopic (exact) mass is 279 g/mol. The van der Waals surface area contributed by atoms with E-state index < -0.39 is 0 Å². The second kappa shape index (κ2) is 6.44. The Bertz CT molecular complexity index is 335. The molecule has 1 aliphatic carbocycles. The van der Waals surface area contributed by atoms with Gasteiger partial charge in [0, 0.05) is 12.6 Å². The largest absolute Gasteiger partial charge is 0.322 e. The Kier molecular flexibility index (Phi) is 4.61. The van der Waals surface area contributed by atoms with Gasteiger partial charge in [-0.1, -0.05) is 19.3 Å². The van der Waals surface area contributed by atoms with Gasteiger partial charge in [0.2, 0.25) is 5.91 Å². The maximum absolute atomic E-state index is 12.3. The molecule has 0 aromatic rings. The molecular formula is C16H29N3O. The van der Waals surface area contributed by atoms with E-state index in [1.807, 2.05) is 0 Å². The number of hydrogen-bond acceptors (Lipinski definition) is 3. The SMILES string of the molecule is CC(CN1CCCCC1)N1C(=O)CNC1C1CCCC1. The maximum Gasteiger partial charge on any atom is 0.238 e. The lowest BCUT2D eigenvalue weighted by atomic mass is 10.0. The van der Waals surface area contributed by atoms with E-state index in [0.29, 0.717) is 30.6 Å². The van der Waals surface area contributed by atoms with E-state index in [9.17, 15) is 4.79 Å². The Labute approximate surface area is 122 Å². The fraction of sp³-hybridized carbons (Fsp3) is 0.938. The van der Waals surface area contributed by atoms with E-state index in [4.69, 9.17) is 0 Å². The number of carbonyl (C=O) groups is 1. The molecule has 3 aliphatic rings. The van der Waals surface area contributed by atoms with Crippen LogP contribution in [-0.2, 0) is 4.79 Å². The van der Waals surface area contributed by atoms with Gasteiger partial charge in [0.05, 0.1) is 12.7 Å². The number of amides is 1. The molecule has 2 saturated heterocycles. The van der Waals surface area contributed by atoms with Crippen molar-refractivity contribution >= 4 is 5.91 Å². The summed E-state index contributed by atoms with van der Waals surface area (Å²) in [5, 5.41) is 3.47. The van der Waals surface area contributed by atoms with Crippen molar-refractivity contribution in [1.82, 2.24) is 15.1 Å². The highest BCUT2D eigenvalue weighted by Crippen LogP contribution is 2.31. The molecule has 0 bridgehead atoms. The zero-order valence-electron chi connectivity index (χ0n) is 12.8. The summed E-state index contributed by atoms with van der Waals surface area (Å²) in [5.41, 5.74) is 0. The zero-order chi connectivity index (χ0) is 13.9. The highest BCUT2D eigenvalue weighted by molar-refractivity contribution is 5.81. The van der Waals surface area contributed by atoms with Gasteiger partial charge in [-0.05, 0) is 51.6 Å². The number of piperidine rings is 1. The molecule has 1 saturated carbocycles. The average molecular weight is 279 g/mol. The lowest BCUT2D eigenvalue weighted by Gasteiger charge is -2.37. The van der Waals surface area contributed by atoms with Crippen molar-refractivity contribution in [2.24, 2.45) is 5.92 Å². The third-order valence-corrected chi connectivity index (χ3v) is 5.34. The highest BCUT2D eigenvalue weighted by atomic mass is 16.2. The summed E-state index contributed by atoms with van der Waals surface area (Å²) in [5.74, 6) is 0.997. The van der Waals surface area contributed by atoms with Crippen LogP contribution in [0, 0.1) is 5.92 Å². The summed E-state index contributed by atoms with van der Waals surface area (Å²) in [7, 11) is 0. The third-order valence-electron chi connectivity index (χ3n) is 5.34. The molecular weight excluding hydrogens is 250 g/mol. The van der Waals surface area contributed by atoms with Gasteiger partial charge in [0.1, 0.15) is 0 Å². The van der Waals surface area contributed by atoms with Crippen LogP contribution in [-0.4, -0.2) is 54.1 Å². The normalized spacial score (nSPS) is 31.1. The molecule has 2 heterocycles. The Morgan fingerprint density at radius 2 is 1.85 bits per heavy atom. The van der Waals surface area contributed by atoms with Crippen LogP contribution in [0.3, 0.4) is 0 Å². The topological polar surface area (TPSA) is 35.6 Å². The highest BCUT2D eigenvalue weighted by Gasteiger charge is 2.39. The molecule has 0 aromatic heterocycles. The molecule has 0 radical (unpaired) electrons. The van der Waals surface area contributed by atoms with Crippen molar-refractivity contribution in [2.75, 3.05) is 26.2 Å². The summed E-state index contributed by atoms with van der Waals surface area (Å²) < 4.78 is 0. The van der Waals surface area contributed by atoms with Gasteiger partial charge in [-0.3, -0.25) is 10.1 Å². The molecule has 114 valence electrons. The van der Waals surface area contributed by atoms with Crippen LogP contribution in [0.25, 0.3) is 0 Å². The number of nitrogens with one attached hydrogen (secondary N) is 1. The number of nitrogens with zero attached hydrogens (tertiary/aromatic N) is 2. The first-order valence-corrected chi connectivity index (χ1v) is 8.52. The summed E-state index contributed by atoms with van der Waals surface area (Å²) in [4.78, 5) is 17.0. The molecule has 2 atom stereocenters. The average Bonchev–Trinajstić information content (AvgIpc) is 3.08. The lowest BCUT2D eigenvalue weighted by molar-refractivity contribution is -0.131. The minimum absolute atomic E-state index is 0.310. The number of carbonyl (C=O) groups excluding carboxylic acids is 1. The van der Waals surface area contributed by atoms with E-state index in [-0.39, 0.29) is 0 Å². The van der Waals surface area contributed by atoms with E-state index in [1.165, 1.54) is 58.0 Å². The van der Waals surface area contributed by atoms with Gasteiger partial charge in [-0.25, -0.2) is 0 Å². The number of rotatable bonds is 4. The number of hydrogen-bond donors (Lipinski definition) is 1. The molecule has 3 rings (SSSR count). The van der Waals surface area contributed by atoms with Crippen molar-refractivity contribution < 1.29 is 4.79 Å². The Morgan fingerprint density at radius 1 is 1.15 bits per heavy atom. The molecule has 0 spiro atoms. The van der Waals surface area contributed by atoms with Crippen LogP contribution >= 0.6 is 0 Å². The second-order valence-corrected chi connectivity index (χ2v) is 6.88. The molecule has 2 unspecified atom stereocenters. The van der Waals surface area contributed by atoms with Gasteiger partial charge < -0.3 is 9.80 Å². The Balaban J connectivity index is 1.60. The lowest BCUT2D eigenvalue weighted by Crippen LogP contribution is -2.51. The van der Waals surface area contributed by atoms with Crippen LogP contribution in [0.4, 0.5) is 0 Å². The summed E-state index contributed by atoms with van der Waals surface area (Å²) in [6.45, 7) is 6.27. The standard InChI is InChI=1S/C16H29N3O/c1-13(12-18-9-5-2-6-10-18)19-15(20)11-17-16(19)14-7-3-4-8-14/h13-14,16-17H,2-12H2,1H3. The minimum atomic E-state index is 0.310. The summed E-state index contributed by atoms with van der Waals surface area (Å²) >= 11 is 0. The third kappa shape index (κ3) is 3.01. The molecule has 1 amide bonds. The van der Waals surface area contributed by atoms with Crippen molar-refractivity contribution in [3.05, 3.63) is 0 Å².